The molecular formula is C14H18FN3O. The van der Waals surface area contributed by atoms with Crippen molar-refractivity contribution in [3.63, 3.8) is 0 Å². The van der Waals surface area contributed by atoms with Gasteiger partial charge in [0.25, 0.3) is 0 Å². The molecule has 0 radical (unpaired) electrons. The van der Waals surface area contributed by atoms with Crippen LogP contribution in [-0.4, -0.2) is 19.9 Å². The van der Waals surface area contributed by atoms with E-state index in [1.165, 1.54) is 12.1 Å². The van der Waals surface area contributed by atoms with E-state index in [9.17, 15) is 9.50 Å². The van der Waals surface area contributed by atoms with E-state index in [1.807, 2.05) is 13.8 Å². The van der Waals surface area contributed by atoms with Gasteiger partial charge < -0.3 is 5.11 Å². The molecule has 0 aliphatic rings. The lowest BCUT2D eigenvalue weighted by Crippen LogP contribution is -2.08. The second kappa shape index (κ2) is 5.48. The summed E-state index contributed by atoms with van der Waals surface area (Å²) in [5, 5.41) is 14.2. The van der Waals surface area contributed by atoms with Gasteiger partial charge in [-0.25, -0.2) is 14.1 Å². The van der Waals surface area contributed by atoms with Crippen LogP contribution in [0.3, 0.4) is 0 Å². The van der Waals surface area contributed by atoms with Crippen LogP contribution in [0.1, 0.15) is 44.1 Å². The Labute approximate surface area is 111 Å². The third-order valence-corrected chi connectivity index (χ3v) is 3.02. The lowest BCUT2D eigenvalue weighted by molar-refractivity contribution is 0.198. The molecule has 0 saturated carbocycles. The molecule has 102 valence electrons. The lowest BCUT2D eigenvalue weighted by Gasteiger charge is -2.13. The number of nitrogens with zero attached hydrogens (tertiary/aromatic N) is 3. The van der Waals surface area contributed by atoms with Gasteiger partial charge in [0.15, 0.2) is 5.82 Å². The number of aliphatic hydroxyl groups is 1. The van der Waals surface area contributed by atoms with E-state index in [2.05, 4.69) is 10.1 Å². The van der Waals surface area contributed by atoms with E-state index >= 15 is 0 Å². The zero-order valence-electron chi connectivity index (χ0n) is 11.4. The summed E-state index contributed by atoms with van der Waals surface area (Å²) in [6.45, 7) is 5.59. The Balaban J connectivity index is 2.60. The number of rotatable bonds is 4. The third kappa shape index (κ3) is 2.66. The Morgan fingerprint density at radius 1 is 1.32 bits per heavy atom. The predicted octanol–water partition coefficient (Wildman–Crippen LogP) is 2.58. The van der Waals surface area contributed by atoms with Crippen LogP contribution in [0.4, 0.5) is 4.39 Å². The molecule has 0 spiro atoms. The molecular weight excluding hydrogens is 245 g/mol. The highest BCUT2D eigenvalue weighted by Crippen LogP contribution is 2.23. The standard InChI is InChI=1S/C14H18FN3O/c1-4-13-16-14(5-2)18(17-13)12-7-6-10(15)8-11(12)9(3)19/h6-9,19H,4-5H2,1-3H3/t9-/m0/s1. The molecule has 5 heteroatoms. The van der Waals surface area contributed by atoms with Crippen LogP contribution in [0.25, 0.3) is 5.69 Å². The smallest absolute Gasteiger partial charge is 0.151 e. The van der Waals surface area contributed by atoms with Gasteiger partial charge in [0.05, 0.1) is 11.8 Å². The van der Waals surface area contributed by atoms with Gasteiger partial charge in [-0.05, 0) is 25.1 Å². The van der Waals surface area contributed by atoms with Crippen LogP contribution in [0, 0.1) is 5.82 Å². The van der Waals surface area contributed by atoms with Gasteiger partial charge in [-0.2, -0.15) is 5.10 Å². The molecule has 1 heterocycles. The summed E-state index contributed by atoms with van der Waals surface area (Å²) in [6, 6.07) is 4.34. The lowest BCUT2D eigenvalue weighted by atomic mass is 10.1. The molecule has 0 unspecified atom stereocenters. The molecule has 0 aliphatic heterocycles. The second-order valence-electron chi connectivity index (χ2n) is 4.44. The summed E-state index contributed by atoms with van der Waals surface area (Å²) < 4.78 is 15.0. The van der Waals surface area contributed by atoms with Gasteiger partial charge in [-0.15, -0.1) is 0 Å². The van der Waals surface area contributed by atoms with Gasteiger partial charge in [0.2, 0.25) is 0 Å². The van der Waals surface area contributed by atoms with Crippen LogP contribution in [-0.2, 0) is 12.8 Å². The summed E-state index contributed by atoms with van der Waals surface area (Å²) >= 11 is 0. The topological polar surface area (TPSA) is 50.9 Å². The fourth-order valence-electron chi connectivity index (χ4n) is 2.02. The van der Waals surface area contributed by atoms with E-state index in [1.54, 1.807) is 17.7 Å². The minimum atomic E-state index is -0.760. The van der Waals surface area contributed by atoms with Crippen LogP contribution < -0.4 is 0 Å². The third-order valence-electron chi connectivity index (χ3n) is 3.02. The molecule has 2 aromatic rings. The number of halogens is 1. The second-order valence-corrected chi connectivity index (χ2v) is 4.44. The van der Waals surface area contributed by atoms with E-state index in [-0.39, 0.29) is 5.82 Å². The van der Waals surface area contributed by atoms with Crippen molar-refractivity contribution < 1.29 is 9.50 Å². The highest BCUT2D eigenvalue weighted by Gasteiger charge is 2.15. The molecule has 1 aromatic heterocycles. The Hall–Kier alpha value is -1.75. The number of benzene rings is 1. The molecule has 1 atom stereocenters. The zero-order valence-corrected chi connectivity index (χ0v) is 11.4. The molecule has 0 fully saturated rings. The number of hydrogen-bond acceptors (Lipinski definition) is 3. The summed E-state index contributed by atoms with van der Waals surface area (Å²) in [4.78, 5) is 4.42. The molecule has 0 saturated heterocycles. The molecule has 4 nitrogen and oxygen atoms in total. The largest absolute Gasteiger partial charge is 0.389 e. The average Bonchev–Trinajstić information content (AvgIpc) is 2.81. The molecule has 0 aliphatic carbocycles. The van der Waals surface area contributed by atoms with Crippen molar-refractivity contribution in [3.8, 4) is 5.69 Å². The monoisotopic (exact) mass is 263 g/mol. The van der Waals surface area contributed by atoms with E-state index in [0.717, 1.165) is 24.5 Å². The van der Waals surface area contributed by atoms with Crippen molar-refractivity contribution in [2.45, 2.75) is 39.7 Å². The Kier molecular flexibility index (Phi) is 3.95. The van der Waals surface area contributed by atoms with Crippen molar-refractivity contribution in [3.05, 3.63) is 41.2 Å². The molecule has 19 heavy (non-hydrogen) atoms. The van der Waals surface area contributed by atoms with Crippen molar-refractivity contribution in [2.24, 2.45) is 0 Å². The normalized spacial score (nSPS) is 12.7. The SMILES string of the molecule is CCc1nc(CC)n(-c2ccc(F)cc2[C@H](C)O)n1. The Morgan fingerprint density at radius 2 is 2.05 bits per heavy atom. The molecule has 2 rings (SSSR count). The van der Waals surface area contributed by atoms with Crippen molar-refractivity contribution >= 4 is 0 Å². The van der Waals surface area contributed by atoms with Crippen LogP contribution in [0.15, 0.2) is 18.2 Å². The van der Waals surface area contributed by atoms with Crippen LogP contribution in [0.2, 0.25) is 0 Å². The van der Waals surface area contributed by atoms with E-state index < -0.39 is 6.10 Å². The van der Waals surface area contributed by atoms with E-state index in [4.69, 9.17) is 0 Å². The van der Waals surface area contributed by atoms with Crippen molar-refractivity contribution in [2.75, 3.05) is 0 Å². The minimum Gasteiger partial charge on any atom is -0.389 e. The first-order valence-corrected chi connectivity index (χ1v) is 6.49. The Bertz CT molecular complexity index is 578. The first-order chi connectivity index (χ1) is 9.06. The van der Waals surface area contributed by atoms with E-state index in [0.29, 0.717) is 11.3 Å². The summed E-state index contributed by atoms with van der Waals surface area (Å²) in [5.74, 6) is 1.19. The zero-order chi connectivity index (χ0) is 14.0. The summed E-state index contributed by atoms with van der Waals surface area (Å²) in [7, 11) is 0. The number of aromatic nitrogens is 3. The number of aryl methyl sites for hydroxylation is 2. The molecule has 0 amide bonds. The highest BCUT2D eigenvalue weighted by molar-refractivity contribution is 5.42. The number of aliphatic hydroxyl groups excluding tert-OH is 1. The average molecular weight is 263 g/mol. The maximum absolute atomic E-state index is 13.3. The fraction of sp³-hybridized carbons (Fsp3) is 0.429. The quantitative estimate of drug-likeness (QED) is 0.922. The molecule has 1 aromatic carbocycles. The minimum absolute atomic E-state index is 0.367. The van der Waals surface area contributed by atoms with Crippen molar-refractivity contribution in [1.82, 2.24) is 14.8 Å². The first kappa shape index (κ1) is 13.7. The first-order valence-electron chi connectivity index (χ1n) is 6.49. The Morgan fingerprint density at radius 3 is 2.63 bits per heavy atom. The molecule has 0 bridgehead atoms. The van der Waals surface area contributed by atoms with Crippen LogP contribution >= 0.6 is 0 Å². The number of hydrogen-bond donors (Lipinski definition) is 1. The van der Waals surface area contributed by atoms with Crippen molar-refractivity contribution in [1.29, 1.82) is 0 Å². The van der Waals surface area contributed by atoms with Crippen LogP contribution in [0.5, 0.6) is 0 Å². The van der Waals surface area contributed by atoms with Gasteiger partial charge in [0, 0.05) is 18.4 Å². The van der Waals surface area contributed by atoms with Gasteiger partial charge in [-0.3, -0.25) is 0 Å². The van der Waals surface area contributed by atoms with Gasteiger partial charge in [-0.1, -0.05) is 13.8 Å². The fourth-order valence-corrected chi connectivity index (χ4v) is 2.02. The molecule has 1 N–H and O–H groups in total. The summed E-state index contributed by atoms with van der Waals surface area (Å²) in [5.41, 5.74) is 1.20. The maximum Gasteiger partial charge on any atom is 0.151 e. The highest BCUT2D eigenvalue weighted by atomic mass is 19.1. The van der Waals surface area contributed by atoms with Gasteiger partial charge in [0.1, 0.15) is 11.6 Å². The predicted molar refractivity (Wildman–Crippen MR) is 70.7 cm³/mol. The maximum atomic E-state index is 13.3. The summed E-state index contributed by atoms with van der Waals surface area (Å²) in [6.07, 6.45) is 0.708. The van der Waals surface area contributed by atoms with Gasteiger partial charge >= 0.3 is 0 Å².